The van der Waals surface area contributed by atoms with Crippen LogP contribution in [0, 0.1) is 0 Å². The summed E-state index contributed by atoms with van der Waals surface area (Å²) in [5.41, 5.74) is 0.645. The van der Waals surface area contributed by atoms with Crippen LogP contribution >= 0.6 is 0 Å². The lowest BCUT2D eigenvalue weighted by Crippen LogP contribution is -2.58. The normalized spacial score (nSPS) is 18.5. The third kappa shape index (κ3) is 3.77. The number of likely N-dealkylation sites (N-methyl/N-ethyl adjacent to an activating group) is 1. The van der Waals surface area contributed by atoms with E-state index in [0.29, 0.717) is 32.4 Å². The van der Waals surface area contributed by atoms with Gasteiger partial charge in [0.15, 0.2) is 0 Å². The van der Waals surface area contributed by atoms with Gasteiger partial charge in [0.25, 0.3) is 0 Å². The zero-order valence-corrected chi connectivity index (χ0v) is 14.3. The Kier molecular flexibility index (Phi) is 5.35. The maximum atomic E-state index is 11.7. The highest BCUT2D eigenvalue weighted by Crippen LogP contribution is 2.37. The fourth-order valence-electron chi connectivity index (χ4n) is 3.19. The van der Waals surface area contributed by atoms with Gasteiger partial charge in [-0.3, -0.25) is 9.69 Å². The van der Waals surface area contributed by atoms with Crippen molar-refractivity contribution >= 4 is 19.1 Å². The molecular formula is C16H21BN2O7. The second-order valence-electron chi connectivity index (χ2n) is 6.48. The first-order valence-corrected chi connectivity index (χ1v) is 8.42. The molecule has 1 aromatic rings. The van der Waals surface area contributed by atoms with E-state index in [4.69, 9.17) is 14.5 Å². The molecule has 140 valence electrons. The van der Waals surface area contributed by atoms with Crippen molar-refractivity contribution in [2.75, 3.05) is 26.7 Å². The lowest BCUT2D eigenvalue weighted by Gasteiger charge is -2.40. The van der Waals surface area contributed by atoms with Gasteiger partial charge in [-0.05, 0) is 31.4 Å². The number of likely N-dealkylation sites (tertiary alicyclic amines) is 1. The van der Waals surface area contributed by atoms with Crippen molar-refractivity contribution in [1.29, 1.82) is 0 Å². The van der Waals surface area contributed by atoms with Crippen molar-refractivity contribution in [2.24, 2.45) is 0 Å². The predicted octanol–water partition coefficient (Wildman–Crippen LogP) is -0.464. The van der Waals surface area contributed by atoms with Crippen LogP contribution < -0.4 is 14.7 Å². The zero-order valence-electron chi connectivity index (χ0n) is 14.3. The first-order valence-electron chi connectivity index (χ1n) is 8.42. The molecule has 0 aromatic heterocycles. The van der Waals surface area contributed by atoms with E-state index in [1.165, 1.54) is 0 Å². The highest BCUT2D eigenvalue weighted by molar-refractivity contribution is 6.44. The Bertz CT molecular complexity index is 708. The van der Waals surface area contributed by atoms with Crippen molar-refractivity contribution < 1.29 is 34.2 Å². The minimum Gasteiger partial charge on any atom is -0.535 e. The molecular weight excluding hydrogens is 343 g/mol. The van der Waals surface area contributed by atoms with E-state index in [2.05, 4.69) is 5.32 Å². The van der Waals surface area contributed by atoms with Gasteiger partial charge in [0, 0.05) is 19.6 Å². The second kappa shape index (κ2) is 7.52. The number of nitrogens with one attached hydrogen (secondary N) is 1. The third-order valence-electron chi connectivity index (χ3n) is 4.63. The molecule has 1 fully saturated rings. The topological polar surface area (TPSA) is 129 Å². The molecule has 0 bridgehead atoms. The van der Waals surface area contributed by atoms with E-state index in [1.807, 2.05) is 4.90 Å². The van der Waals surface area contributed by atoms with Crippen LogP contribution in [0.2, 0.25) is 6.32 Å². The summed E-state index contributed by atoms with van der Waals surface area (Å²) in [5.74, 6) is -1.75. The highest BCUT2D eigenvalue weighted by atomic mass is 16.5. The number of rotatable bonds is 7. The summed E-state index contributed by atoms with van der Waals surface area (Å²) < 4.78 is 11.1. The Morgan fingerprint density at radius 3 is 2.77 bits per heavy atom. The molecule has 26 heavy (non-hydrogen) atoms. The number of nitrogens with zero attached hydrogens (tertiary/aromatic N) is 1. The van der Waals surface area contributed by atoms with E-state index < -0.39 is 25.1 Å². The van der Waals surface area contributed by atoms with Gasteiger partial charge in [-0.25, -0.2) is 4.79 Å². The SMILES string of the molecule is CN[C@H](CN1CC(Oc2ccc3c(c2C(=O)O)OB(O)CC3)C1)C(=O)O. The van der Waals surface area contributed by atoms with Crippen molar-refractivity contribution in [1.82, 2.24) is 10.2 Å². The molecule has 0 spiro atoms. The summed E-state index contributed by atoms with van der Waals surface area (Å²) in [6.45, 7) is 1.35. The number of carboxylic acids is 2. The number of fused-ring (bicyclic) bond motifs is 1. The molecule has 2 aliphatic heterocycles. The minimum atomic E-state index is -1.18. The van der Waals surface area contributed by atoms with Crippen LogP contribution in [0.4, 0.5) is 0 Å². The lowest BCUT2D eigenvalue weighted by atomic mass is 9.78. The van der Waals surface area contributed by atoms with Gasteiger partial charge in [-0.2, -0.15) is 0 Å². The lowest BCUT2D eigenvalue weighted by molar-refractivity contribution is -0.140. The van der Waals surface area contributed by atoms with Gasteiger partial charge in [0.05, 0.1) is 0 Å². The van der Waals surface area contributed by atoms with Gasteiger partial charge < -0.3 is 29.9 Å². The summed E-state index contributed by atoms with van der Waals surface area (Å²) in [5, 5.41) is 31.0. The molecule has 0 radical (unpaired) electrons. The Balaban J connectivity index is 1.67. The van der Waals surface area contributed by atoms with Crippen LogP contribution in [0.3, 0.4) is 0 Å². The van der Waals surface area contributed by atoms with E-state index in [9.17, 15) is 19.7 Å². The van der Waals surface area contributed by atoms with E-state index >= 15 is 0 Å². The number of benzene rings is 1. The Morgan fingerprint density at radius 1 is 1.42 bits per heavy atom. The molecule has 0 unspecified atom stereocenters. The number of hydrogen-bond donors (Lipinski definition) is 4. The van der Waals surface area contributed by atoms with Crippen LogP contribution in [-0.4, -0.2) is 78.0 Å². The van der Waals surface area contributed by atoms with Crippen LogP contribution in [0.25, 0.3) is 0 Å². The average molecular weight is 364 g/mol. The molecule has 0 saturated carbocycles. The zero-order chi connectivity index (χ0) is 18.8. The van der Waals surface area contributed by atoms with Gasteiger partial charge in [0.2, 0.25) is 0 Å². The van der Waals surface area contributed by atoms with Crippen molar-refractivity contribution in [2.45, 2.75) is 24.9 Å². The molecule has 3 rings (SSSR count). The number of aliphatic carboxylic acids is 1. The summed E-state index contributed by atoms with van der Waals surface area (Å²) in [6.07, 6.45) is 0.723. The smallest absolute Gasteiger partial charge is 0.522 e. The molecule has 10 heteroatoms. The molecule has 1 aromatic carbocycles. The predicted molar refractivity (Wildman–Crippen MR) is 91.9 cm³/mol. The van der Waals surface area contributed by atoms with Gasteiger partial charge in [-0.15, -0.1) is 0 Å². The van der Waals surface area contributed by atoms with Crippen molar-refractivity contribution in [3.63, 3.8) is 0 Å². The third-order valence-corrected chi connectivity index (χ3v) is 4.63. The number of ether oxygens (including phenoxy) is 1. The average Bonchev–Trinajstić information content (AvgIpc) is 2.55. The quantitative estimate of drug-likeness (QED) is 0.475. The molecule has 4 N–H and O–H groups in total. The summed E-state index contributed by atoms with van der Waals surface area (Å²) >= 11 is 0. The monoisotopic (exact) mass is 364 g/mol. The number of aromatic carboxylic acids is 1. The largest absolute Gasteiger partial charge is 0.535 e. The molecule has 0 amide bonds. The first-order chi connectivity index (χ1) is 12.4. The van der Waals surface area contributed by atoms with Crippen LogP contribution in [-0.2, 0) is 11.2 Å². The maximum absolute atomic E-state index is 11.7. The Hall–Kier alpha value is -2.30. The second-order valence-corrected chi connectivity index (χ2v) is 6.48. The van der Waals surface area contributed by atoms with E-state index in [1.54, 1.807) is 19.2 Å². The van der Waals surface area contributed by atoms with E-state index in [-0.39, 0.29) is 23.2 Å². The molecule has 1 saturated heterocycles. The number of carboxylic acid groups (broad SMARTS) is 2. The minimum absolute atomic E-state index is 0.0849. The number of hydrogen-bond acceptors (Lipinski definition) is 7. The highest BCUT2D eigenvalue weighted by Gasteiger charge is 2.34. The molecule has 0 aliphatic carbocycles. The van der Waals surface area contributed by atoms with Gasteiger partial charge >= 0.3 is 19.1 Å². The summed E-state index contributed by atoms with van der Waals surface area (Å²) in [4.78, 5) is 24.6. The molecule has 1 atom stereocenters. The molecule has 2 heterocycles. The van der Waals surface area contributed by atoms with Crippen molar-refractivity contribution in [3.8, 4) is 11.5 Å². The fourth-order valence-corrected chi connectivity index (χ4v) is 3.19. The molecule has 2 aliphatic rings. The summed E-state index contributed by atoms with van der Waals surface area (Å²) in [7, 11) is 0.567. The van der Waals surface area contributed by atoms with Crippen molar-refractivity contribution in [3.05, 3.63) is 23.3 Å². The van der Waals surface area contributed by atoms with Crippen LogP contribution in [0.15, 0.2) is 12.1 Å². The Labute approximate surface area is 150 Å². The molecule has 9 nitrogen and oxygen atoms in total. The Morgan fingerprint density at radius 2 is 2.15 bits per heavy atom. The van der Waals surface area contributed by atoms with Gasteiger partial charge in [-0.1, -0.05) is 6.07 Å². The number of carbonyl (C=O) groups is 2. The number of aryl methyl sites for hydroxylation is 1. The van der Waals surface area contributed by atoms with Gasteiger partial charge in [0.1, 0.15) is 29.2 Å². The maximum Gasteiger partial charge on any atom is 0.522 e. The van der Waals surface area contributed by atoms with E-state index in [0.717, 1.165) is 5.56 Å². The van der Waals surface area contributed by atoms with Crippen LogP contribution in [0.1, 0.15) is 15.9 Å². The van der Waals surface area contributed by atoms with Crippen LogP contribution in [0.5, 0.6) is 11.5 Å². The standard InChI is InChI=1S/C16H21BN2O7/c1-18-11(15(20)21)8-19-6-10(7-19)25-12-3-2-9-4-5-17(24)26-14(9)13(12)16(22)23/h2-3,10-11,18,24H,4-8H2,1H3,(H,20,21)(H,22,23)/t11-/m1/s1. The fraction of sp³-hybridized carbons (Fsp3) is 0.500. The summed E-state index contributed by atoms with van der Waals surface area (Å²) in [6, 6.07) is 2.70. The first kappa shape index (κ1) is 18.5.